The van der Waals surface area contributed by atoms with Crippen molar-refractivity contribution in [2.75, 3.05) is 5.88 Å². The predicted octanol–water partition coefficient (Wildman–Crippen LogP) is 1.00. The van der Waals surface area contributed by atoms with Crippen molar-refractivity contribution in [3.8, 4) is 0 Å². The van der Waals surface area contributed by atoms with Crippen LogP contribution in [0.1, 0.15) is 0 Å². The first-order chi connectivity index (χ1) is 2.27. The van der Waals surface area contributed by atoms with Crippen molar-refractivity contribution < 1.29 is 0 Å². The van der Waals surface area contributed by atoms with Gasteiger partial charge < -0.3 is 5.73 Å². The Morgan fingerprint density at radius 2 is 1.71 bits per heavy atom. The number of hydrogen-bond acceptors (Lipinski definition) is 1. The topological polar surface area (TPSA) is 49.9 Å². The monoisotopic (exact) mass is 164 g/mol. The highest BCUT2D eigenvalue weighted by atomic mass is 35.5. The normalized spacial score (nSPS) is 5.29. The van der Waals surface area contributed by atoms with Crippen LogP contribution in [0.3, 0.4) is 0 Å². The second kappa shape index (κ2) is 9.60. The zero-order valence-corrected chi connectivity index (χ0v) is 5.87. The number of halogens is 3. The van der Waals surface area contributed by atoms with Gasteiger partial charge in [-0.2, -0.15) is 0 Å². The molecule has 0 aromatic carbocycles. The molecule has 0 radical (unpaired) electrons. The molecule has 0 spiro atoms. The van der Waals surface area contributed by atoms with E-state index in [1.165, 1.54) is 0 Å². The molecule has 0 aliphatic carbocycles. The molecule has 0 amide bonds. The van der Waals surface area contributed by atoms with Crippen LogP contribution in [0.2, 0.25) is 0 Å². The minimum atomic E-state index is 0. The van der Waals surface area contributed by atoms with Gasteiger partial charge in [-0.3, -0.25) is 5.41 Å². The Kier molecular flexibility index (Phi) is 21.5. The molecule has 0 aromatic heterocycles. The highest BCUT2D eigenvalue weighted by molar-refractivity contribution is 6.27. The van der Waals surface area contributed by atoms with E-state index in [0.717, 1.165) is 0 Å². The lowest BCUT2D eigenvalue weighted by Crippen LogP contribution is -2.09. The number of alkyl halides is 1. The van der Waals surface area contributed by atoms with Crippen molar-refractivity contribution in [2.24, 2.45) is 5.73 Å². The van der Waals surface area contributed by atoms with E-state index in [1.807, 2.05) is 0 Å². The van der Waals surface area contributed by atoms with Crippen molar-refractivity contribution in [3.63, 3.8) is 0 Å². The summed E-state index contributed by atoms with van der Waals surface area (Å²) in [5.74, 6) is 0.159. The summed E-state index contributed by atoms with van der Waals surface area (Å²) in [6, 6.07) is 0. The highest BCUT2D eigenvalue weighted by Crippen LogP contribution is 1.65. The smallest absolute Gasteiger partial charge is 0.106 e. The van der Waals surface area contributed by atoms with Gasteiger partial charge in [0.25, 0.3) is 0 Å². The molecule has 7 heavy (non-hydrogen) atoms. The maximum absolute atomic E-state index is 6.39. The zero-order chi connectivity index (χ0) is 4.28. The Bertz CT molecular complexity index is 46.2. The molecule has 0 rings (SSSR count). The number of nitrogens with two attached hydrogens (primary N) is 1. The van der Waals surface area contributed by atoms with Crippen LogP contribution in [0, 0.1) is 5.41 Å². The average Bonchev–Trinajstić information content (AvgIpc) is 1.38. The van der Waals surface area contributed by atoms with Crippen LogP contribution in [-0.4, -0.2) is 11.7 Å². The van der Waals surface area contributed by atoms with Gasteiger partial charge in [0.2, 0.25) is 0 Å². The lowest BCUT2D eigenvalue weighted by Gasteiger charge is -1.76. The minimum Gasteiger partial charge on any atom is -0.387 e. The molecule has 0 aliphatic heterocycles. The first kappa shape index (κ1) is 15.7. The fraction of sp³-hybridized carbons (Fsp3) is 0.500. The SMILES string of the molecule is Cl.Cl.N=C(N)CCl. The van der Waals surface area contributed by atoms with Gasteiger partial charge in [0, 0.05) is 0 Å². The molecule has 5 heteroatoms. The number of amidine groups is 1. The first-order valence-corrected chi connectivity index (χ1v) is 1.69. The molecule has 0 unspecified atom stereocenters. The predicted molar refractivity (Wildman–Crippen MR) is 37.1 cm³/mol. The van der Waals surface area contributed by atoms with Crippen molar-refractivity contribution in [2.45, 2.75) is 0 Å². The quantitative estimate of drug-likeness (QED) is 0.340. The van der Waals surface area contributed by atoms with Gasteiger partial charge in [0.1, 0.15) is 5.84 Å². The van der Waals surface area contributed by atoms with E-state index in [9.17, 15) is 0 Å². The van der Waals surface area contributed by atoms with Crippen LogP contribution in [0.15, 0.2) is 0 Å². The molecule has 0 saturated heterocycles. The van der Waals surface area contributed by atoms with Crippen molar-refractivity contribution >= 4 is 42.3 Å². The van der Waals surface area contributed by atoms with Crippen molar-refractivity contribution in [3.05, 3.63) is 0 Å². The number of nitrogens with one attached hydrogen (secondary N) is 1. The summed E-state index contributed by atoms with van der Waals surface area (Å²) in [4.78, 5) is 0. The number of rotatable bonds is 1. The van der Waals surface area contributed by atoms with Crippen LogP contribution in [-0.2, 0) is 0 Å². The summed E-state index contributed by atoms with van der Waals surface area (Å²) >= 11 is 4.99. The van der Waals surface area contributed by atoms with Crippen LogP contribution in [0.25, 0.3) is 0 Å². The standard InChI is InChI=1S/C2H5ClN2.2ClH/c3-1-2(4)5;;/h1H2,(H3,4,5);2*1H. The molecule has 0 aromatic rings. The highest BCUT2D eigenvalue weighted by Gasteiger charge is 1.73. The van der Waals surface area contributed by atoms with Crippen LogP contribution < -0.4 is 5.73 Å². The van der Waals surface area contributed by atoms with E-state index in [0.29, 0.717) is 0 Å². The fourth-order valence-electron chi connectivity index (χ4n) is 0. The van der Waals surface area contributed by atoms with Gasteiger partial charge in [0.05, 0.1) is 5.88 Å². The van der Waals surface area contributed by atoms with E-state index in [2.05, 4.69) is 0 Å². The summed E-state index contributed by atoms with van der Waals surface area (Å²) in [6.45, 7) is 0. The lowest BCUT2D eigenvalue weighted by atomic mass is 10.7. The second-order valence-corrected chi connectivity index (χ2v) is 0.926. The van der Waals surface area contributed by atoms with Gasteiger partial charge in [0.15, 0.2) is 0 Å². The van der Waals surface area contributed by atoms with Crippen molar-refractivity contribution in [1.82, 2.24) is 0 Å². The molecule has 0 aliphatic rings. The van der Waals surface area contributed by atoms with Gasteiger partial charge in [-0.15, -0.1) is 36.4 Å². The van der Waals surface area contributed by atoms with E-state index in [4.69, 9.17) is 22.7 Å². The fourth-order valence-corrected chi connectivity index (χ4v) is 0. The summed E-state index contributed by atoms with van der Waals surface area (Å²) in [5, 5.41) is 6.39. The summed E-state index contributed by atoms with van der Waals surface area (Å²) in [7, 11) is 0. The average molecular weight is 165 g/mol. The Morgan fingerprint density at radius 3 is 1.71 bits per heavy atom. The van der Waals surface area contributed by atoms with E-state index in [1.54, 1.807) is 0 Å². The second-order valence-electron chi connectivity index (χ2n) is 0.659. The maximum atomic E-state index is 6.39. The molecular weight excluding hydrogens is 158 g/mol. The Balaban J connectivity index is -0.0000000800. The van der Waals surface area contributed by atoms with Gasteiger partial charge >= 0.3 is 0 Å². The van der Waals surface area contributed by atoms with Crippen LogP contribution >= 0.6 is 36.4 Å². The van der Waals surface area contributed by atoms with Gasteiger partial charge in [-0.25, -0.2) is 0 Å². The van der Waals surface area contributed by atoms with Gasteiger partial charge in [-0.1, -0.05) is 0 Å². The molecule has 46 valence electrons. The molecular formula is C2H7Cl3N2. The Morgan fingerprint density at radius 1 is 1.57 bits per heavy atom. The van der Waals surface area contributed by atoms with Crippen molar-refractivity contribution in [1.29, 1.82) is 5.41 Å². The summed E-state index contributed by atoms with van der Waals surface area (Å²) in [5.41, 5.74) is 4.74. The van der Waals surface area contributed by atoms with Gasteiger partial charge in [-0.05, 0) is 0 Å². The third kappa shape index (κ3) is 21.8. The Labute approximate surface area is 59.7 Å². The molecule has 0 atom stereocenters. The summed E-state index contributed by atoms with van der Waals surface area (Å²) < 4.78 is 0. The zero-order valence-electron chi connectivity index (χ0n) is 3.48. The van der Waals surface area contributed by atoms with E-state index < -0.39 is 0 Å². The van der Waals surface area contributed by atoms with E-state index >= 15 is 0 Å². The molecule has 0 bridgehead atoms. The third-order valence-electron chi connectivity index (χ3n) is 0.144. The number of hydrogen-bond donors (Lipinski definition) is 2. The third-order valence-corrected chi connectivity index (χ3v) is 0.432. The van der Waals surface area contributed by atoms with Crippen LogP contribution in [0.4, 0.5) is 0 Å². The molecule has 0 saturated carbocycles. The minimum absolute atomic E-state index is 0. The molecule has 3 N–H and O–H groups in total. The largest absolute Gasteiger partial charge is 0.387 e. The maximum Gasteiger partial charge on any atom is 0.106 e. The molecule has 0 heterocycles. The van der Waals surface area contributed by atoms with E-state index in [-0.39, 0.29) is 36.5 Å². The summed E-state index contributed by atoms with van der Waals surface area (Å²) in [6.07, 6.45) is 0. The van der Waals surface area contributed by atoms with Crippen LogP contribution in [0.5, 0.6) is 0 Å². The first-order valence-electron chi connectivity index (χ1n) is 1.16. The molecule has 2 nitrogen and oxygen atoms in total. The lowest BCUT2D eigenvalue weighted by molar-refractivity contribution is 1.42. The Hall–Kier alpha value is 0.340. The molecule has 0 fully saturated rings.